The molecule has 4 nitrogen and oxygen atoms in total. The highest BCUT2D eigenvalue weighted by Crippen LogP contribution is 2.23. The van der Waals surface area contributed by atoms with Crippen LogP contribution in [-0.4, -0.2) is 48.2 Å². The Bertz CT molecular complexity index is 552. The smallest absolute Gasteiger partial charge is 0.406 e. The zero-order valence-electron chi connectivity index (χ0n) is 14.7. The number of halogens is 3. The van der Waals surface area contributed by atoms with Gasteiger partial charge < -0.3 is 9.64 Å². The second-order valence-electron chi connectivity index (χ2n) is 6.48. The van der Waals surface area contributed by atoms with Gasteiger partial charge in [-0.2, -0.15) is 0 Å². The van der Waals surface area contributed by atoms with Gasteiger partial charge in [0.2, 0.25) is 5.91 Å². The minimum Gasteiger partial charge on any atom is -0.406 e. The van der Waals surface area contributed by atoms with E-state index in [0.29, 0.717) is 19.6 Å². The van der Waals surface area contributed by atoms with Crippen molar-refractivity contribution in [3.63, 3.8) is 0 Å². The van der Waals surface area contributed by atoms with Crippen molar-refractivity contribution >= 4 is 5.91 Å². The van der Waals surface area contributed by atoms with E-state index in [1.165, 1.54) is 12.1 Å². The summed E-state index contributed by atoms with van der Waals surface area (Å²) in [4.78, 5) is 16.4. The van der Waals surface area contributed by atoms with Crippen LogP contribution < -0.4 is 4.74 Å². The van der Waals surface area contributed by atoms with E-state index in [4.69, 9.17) is 0 Å². The molecule has 1 amide bonds. The number of amides is 1. The maximum absolute atomic E-state index is 12.3. The summed E-state index contributed by atoms with van der Waals surface area (Å²) in [6, 6.07) is 5.94. The molecule has 1 aromatic carbocycles. The van der Waals surface area contributed by atoms with Crippen LogP contribution in [0.15, 0.2) is 24.3 Å². The van der Waals surface area contributed by atoms with Crippen molar-refractivity contribution in [2.45, 2.75) is 39.6 Å². The molecule has 1 atom stereocenters. The predicted octanol–water partition coefficient (Wildman–Crippen LogP) is 3.67. The van der Waals surface area contributed by atoms with Gasteiger partial charge in [0.25, 0.3) is 0 Å². The van der Waals surface area contributed by atoms with E-state index in [9.17, 15) is 18.0 Å². The van der Waals surface area contributed by atoms with E-state index in [0.717, 1.165) is 31.5 Å². The number of carbonyl (C=O) groups is 1. The van der Waals surface area contributed by atoms with Crippen LogP contribution in [0.2, 0.25) is 0 Å². The van der Waals surface area contributed by atoms with Gasteiger partial charge in [-0.25, -0.2) is 0 Å². The molecule has 0 aliphatic carbocycles. The summed E-state index contributed by atoms with van der Waals surface area (Å²) in [5.74, 6) is 0.0736. The number of ether oxygens (including phenoxy) is 1. The number of alkyl halides is 3. The number of hydrogen-bond donors (Lipinski definition) is 0. The first-order valence-electron chi connectivity index (χ1n) is 8.64. The van der Waals surface area contributed by atoms with Gasteiger partial charge in [-0.15, -0.1) is 13.2 Å². The number of nitrogens with zero attached hydrogens (tertiary/aromatic N) is 2. The van der Waals surface area contributed by atoms with E-state index in [1.54, 1.807) is 12.1 Å². The average molecular weight is 358 g/mol. The van der Waals surface area contributed by atoms with Gasteiger partial charge in [-0.05, 0) is 24.1 Å². The third kappa shape index (κ3) is 6.23. The lowest BCUT2D eigenvalue weighted by atomic mass is 10.0. The molecular formula is C18H25F3N2O2. The number of hydrogen-bond acceptors (Lipinski definition) is 3. The number of benzene rings is 1. The molecule has 1 saturated heterocycles. The zero-order valence-corrected chi connectivity index (χ0v) is 14.7. The standard InChI is InChI=1S/C18H25F3N2O2/c1-3-4-14(2)17(24)23-11-9-22(10-12-23)13-15-5-7-16(8-6-15)25-18(19,20)21/h5-8,14H,3-4,9-13H2,1-2H3. The van der Waals surface area contributed by atoms with E-state index in [-0.39, 0.29) is 17.6 Å². The van der Waals surface area contributed by atoms with Gasteiger partial charge in [0.15, 0.2) is 0 Å². The highest BCUT2D eigenvalue weighted by Gasteiger charge is 2.31. The second kappa shape index (κ2) is 8.56. The van der Waals surface area contributed by atoms with Crippen molar-refractivity contribution in [3.8, 4) is 5.75 Å². The third-order valence-electron chi connectivity index (χ3n) is 4.39. The Morgan fingerprint density at radius 1 is 1.16 bits per heavy atom. The van der Waals surface area contributed by atoms with Crippen LogP contribution in [0, 0.1) is 5.92 Å². The lowest BCUT2D eigenvalue weighted by Gasteiger charge is -2.36. The van der Waals surface area contributed by atoms with Crippen LogP contribution in [0.3, 0.4) is 0 Å². The van der Waals surface area contributed by atoms with Crippen molar-refractivity contribution in [2.75, 3.05) is 26.2 Å². The van der Waals surface area contributed by atoms with Crippen molar-refractivity contribution < 1.29 is 22.7 Å². The van der Waals surface area contributed by atoms with Crippen LogP contribution >= 0.6 is 0 Å². The van der Waals surface area contributed by atoms with E-state index >= 15 is 0 Å². The molecule has 0 bridgehead atoms. The maximum Gasteiger partial charge on any atom is 0.573 e. The molecule has 1 unspecified atom stereocenters. The summed E-state index contributed by atoms with van der Waals surface area (Å²) in [7, 11) is 0. The van der Waals surface area contributed by atoms with E-state index < -0.39 is 6.36 Å². The van der Waals surface area contributed by atoms with Crippen LogP contribution in [0.5, 0.6) is 5.75 Å². The van der Waals surface area contributed by atoms with Crippen molar-refractivity contribution in [1.82, 2.24) is 9.80 Å². The molecule has 0 spiro atoms. The van der Waals surface area contributed by atoms with Gasteiger partial charge in [0.05, 0.1) is 0 Å². The van der Waals surface area contributed by atoms with Crippen molar-refractivity contribution in [3.05, 3.63) is 29.8 Å². The molecule has 0 radical (unpaired) electrons. The molecule has 1 heterocycles. The fourth-order valence-electron chi connectivity index (χ4n) is 3.05. The van der Waals surface area contributed by atoms with Gasteiger partial charge in [0.1, 0.15) is 5.75 Å². The largest absolute Gasteiger partial charge is 0.573 e. The fraction of sp³-hybridized carbons (Fsp3) is 0.611. The Morgan fingerprint density at radius 2 is 1.76 bits per heavy atom. The Balaban J connectivity index is 1.81. The molecule has 1 fully saturated rings. The van der Waals surface area contributed by atoms with Crippen LogP contribution in [-0.2, 0) is 11.3 Å². The number of carbonyl (C=O) groups excluding carboxylic acids is 1. The fourth-order valence-corrected chi connectivity index (χ4v) is 3.05. The highest BCUT2D eigenvalue weighted by atomic mass is 19.4. The predicted molar refractivity (Wildman–Crippen MR) is 89.1 cm³/mol. The molecule has 2 rings (SSSR count). The summed E-state index contributed by atoms with van der Waals surface area (Å²) in [5.41, 5.74) is 0.925. The molecule has 0 saturated carbocycles. The van der Waals surface area contributed by atoms with Crippen LogP contribution in [0.25, 0.3) is 0 Å². The molecule has 25 heavy (non-hydrogen) atoms. The first kappa shape index (κ1) is 19.6. The molecule has 0 aromatic heterocycles. The quantitative estimate of drug-likeness (QED) is 0.778. The van der Waals surface area contributed by atoms with Gasteiger partial charge in [-0.3, -0.25) is 9.69 Å². The van der Waals surface area contributed by atoms with E-state index in [1.807, 2.05) is 11.8 Å². The molecule has 1 aliphatic heterocycles. The van der Waals surface area contributed by atoms with Crippen molar-refractivity contribution in [1.29, 1.82) is 0 Å². The summed E-state index contributed by atoms with van der Waals surface area (Å²) < 4.78 is 40.3. The monoisotopic (exact) mass is 358 g/mol. The summed E-state index contributed by atoms with van der Waals surface area (Å²) >= 11 is 0. The molecule has 140 valence electrons. The Hall–Kier alpha value is -1.76. The third-order valence-corrected chi connectivity index (χ3v) is 4.39. The van der Waals surface area contributed by atoms with Gasteiger partial charge in [-0.1, -0.05) is 32.4 Å². The molecule has 7 heteroatoms. The summed E-state index contributed by atoms with van der Waals surface area (Å²) in [6.07, 6.45) is -2.76. The lowest BCUT2D eigenvalue weighted by Crippen LogP contribution is -2.49. The van der Waals surface area contributed by atoms with Crippen LogP contribution in [0.1, 0.15) is 32.3 Å². The van der Waals surface area contributed by atoms with Crippen molar-refractivity contribution in [2.24, 2.45) is 5.92 Å². The topological polar surface area (TPSA) is 32.8 Å². The Morgan fingerprint density at radius 3 is 2.28 bits per heavy atom. The lowest BCUT2D eigenvalue weighted by molar-refractivity contribution is -0.274. The summed E-state index contributed by atoms with van der Waals surface area (Å²) in [6.45, 7) is 7.63. The summed E-state index contributed by atoms with van der Waals surface area (Å²) in [5, 5.41) is 0. The molecule has 0 N–H and O–H groups in total. The maximum atomic E-state index is 12.3. The highest BCUT2D eigenvalue weighted by molar-refractivity contribution is 5.78. The first-order valence-corrected chi connectivity index (χ1v) is 8.64. The van der Waals surface area contributed by atoms with Crippen LogP contribution in [0.4, 0.5) is 13.2 Å². The Kier molecular flexibility index (Phi) is 6.70. The van der Waals surface area contributed by atoms with Gasteiger partial charge >= 0.3 is 6.36 Å². The molecule has 1 aliphatic rings. The first-order chi connectivity index (χ1) is 11.8. The molecule has 1 aromatic rings. The zero-order chi connectivity index (χ0) is 18.4. The number of piperazine rings is 1. The number of rotatable bonds is 6. The van der Waals surface area contributed by atoms with E-state index in [2.05, 4.69) is 16.6 Å². The molecular weight excluding hydrogens is 333 g/mol. The minimum atomic E-state index is -4.67. The SMILES string of the molecule is CCCC(C)C(=O)N1CCN(Cc2ccc(OC(F)(F)F)cc2)CC1. The minimum absolute atomic E-state index is 0.0673. The second-order valence-corrected chi connectivity index (χ2v) is 6.48. The average Bonchev–Trinajstić information content (AvgIpc) is 2.55. The normalized spacial score (nSPS) is 17.4. The Labute approximate surface area is 146 Å². The van der Waals surface area contributed by atoms with Gasteiger partial charge in [0, 0.05) is 38.6 Å².